The number of carbonyl (C=O) groups excluding carboxylic acids is 3. The first-order chi connectivity index (χ1) is 9.04. The van der Waals surface area contributed by atoms with Crippen LogP contribution in [-0.2, 0) is 25.4 Å². The SMILES string of the molecule is COC(=O)Cc1c(C(=O)OC)cccc1C(=O)OC. The van der Waals surface area contributed by atoms with E-state index in [9.17, 15) is 14.4 Å². The summed E-state index contributed by atoms with van der Waals surface area (Å²) in [5.41, 5.74) is 0.500. The first kappa shape index (κ1) is 14.7. The van der Waals surface area contributed by atoms with Crippen molar-refractivity contribution in [1.29, 1.82) is 0 Å². The van der Waals surface area contributed by atoms with Gasteiger partial charge in [0.25, 0.3) is 0 Å². The van der Waals surface area contributed by atoms with Gasteiger partial charge in [0.05, 0.1) is 38.9 Å². The van der Waals surface area contributed by atoms with Crippen molar-refractivity contribution in [2.75, 3.05) is 21.3 Å². The van der Waals surface area contributed by atoms with Crippen LogP contribution in [-0.4, -0.2) is 39.2 Å². The van der Waals surface area contributed by atoms with Crippen LogP contribution in [0.5, 0.6) is 0 Å². The van der Waals surface area contributed by atoms with E-state index < -0.39 is 17.9 Å². The standard InChI is InChI=1S/C13H14O6/c1-17-11(14)7-10-8(12(15)18-2)5-4-6-9(10)13(16)19-3/h4-6H,7H2,1-3H3. The summed E-state index contributed by atoms with van der Waals surface area (Å²) in [4.78, 5) is 34.7. The topological polar surface area (TPSA) is 78.9 Å². The van der Waals surface area contributed by atoms with Gasteiger partial charge in [-0.1, -0.05) is 6.07 Å². The Morgan fingerprint density at radius 2 is 1.37 bits per heavy atom. The van der Waals surface area contributed by atoms with Crippen molar-refractivity contribution in [3.8, 4) is 0 Å². The van der Waals surface area contributed by atoms with Gasteiger partial charge in [-0.05, 0) is 17.7 Å². The van der Waals surface area contributed by atoms with E-state index >= 15 is 0 Å². The van der Waals surface area contributed by atoms with Gasteiger partial charge in [-0.25, -0.2) is 9.59 Å². The highest BCUT2D eigenvalue weighted by atomic mass is 16.5. The molecule has 0 radical (unpaired) electrons. The molecule has 0 aliphatic heterocycles. The molecule has 0 bridgehead atoms. The van der Waals surface area contributed by atoms with Crippen molar-refractivity contribution in [1.82, 2.24) is 0 Å². The highest BCUT2D eigenvalue weighted by Crippen LogP contribution is 2.18. The minimum absolute atomic E-state index is 0.135. The van der Waals surface area contributed by atoms with Crippen molar-refractivity contribution < 1.29 is 28.6 Å². The molecule has 0 spiro atoms. The normalized spacial score (nSPS) is 9.63. The molecule has 0 aromatic heterocycles. The van der Waals surface area contributed by atoms with Gasteiger partial charge in [0.2, 0.25) is 0 Å². The van der Waals surface area contributed by atoms with Crippen LogP contribution in [0.1, 0.15) is 26.3 Å². The molecule has 102 valence electrons. The van der Waals surface area contributed by atoms with E-state index in [0.29, 0.717) is 0 Å². The molecule has 0 saturated carbocycles. The van der Waals surface area contributed by atoms with E-state index in [-0.39, 0.29) is 23.1 Å². The van der Waals surface area contributed by atoms with Crippen LogP contribution in [0, 0.1) is 0 Å². The fourth-order valence-corrected chi connectivity index (χ4v) is 1.60. The predicted octanol–water partition coefficient (Wildman–Crippen LogP) is 0.975. The average Bonchev–Trinajstić information content (AvgIpc) is 2.45. The zero-order valence-electron chi connectivity index (χ0n) is 10.9. The molecule has 1 aromatic carbocycles. The number of methoxy groups -OCH3 is 3. The zero-order chi connectivity index (χ0) is 14.4. The molecule has 0 N–H and O–H groups in total. The lowest BCUT2D eigenvalue weighted by Crippen LogP contribution is -2.16. The number of ether oxygens (including phenoxy) is 3. The Morgan fingerprint density at radius 1 is 0.895 bits per heavy atom. The molecule has 0 saturated heterocycles. The minimum atomic E-state index is -0.635. The zero-order valence-corrected chi connectivity index (χ0v) is 10.9. The molecular weight excluding hydrogens is 252 g/mol. The molecule has 0 heterocycles. The third-order valence-electron chi connectivity index (χ3n) is 2.54. The van der Waals surface area contributed by atoms with Crippen molar-refractivity contribution in [3.63, 3.8) is 0 Å². The summed E-state index contributed by atoms with van der Waals surface area (Å²) in [5.74, 6) is -1.84. The summed E-state index contributed by atoms with van der Waals surface area (Å²) >= 11 is 0. The number of hydrogen-bond donors (Lipinski definition) is 0. The van der Waals surface area contributed by atoms with Crippen LogP contribution >= 0.6 is 0 Å². The van der Waals surface area contributed by atoms with Crippen molar-refractivity contribution in [2.24, 2.45) is 0 Å². The average molecular weight is 266 g/mol. The highest BCUT2D eigenvalue weighted by Gasteiger charge is 2.22. The van der Waals surface area contributed by atoms with Gasteiger partial charge in [0, 0.05) is 0 Å². The molecular formula is C13H14O6. The van der Waals surface area contributed by atoms with E-state index in [4.69, 9.17) is 0 Å². The summed E-state index contributed by atoms with van der Waals surface area (Å²) in [7, 11) is 3.66. The lowest BCUT2D eigenvalue weighted by atomic mass is 9.98. The van der Waals surface area contributed by atoms with Gasteiger partial charge in [-0.2, -0.15) is 0 Å². The van der Waals surface area contributed by atoms with Crippen LogP contribution in [0.4, 0.5) is 0 Å². The summed E-state index contributed by atoms with van der Waals surface area (Å²) in [6.45, 7) is 0. The highest BCUT2D eigenvalue weighted by molar-refractivity contribution is 5.99. The van der Waals surface area contributed by atoms with Crippen LogP contribution in [0.25, 0.3) is 0 Å². The van der Waals surface area contributed by atoms with E-state index in [1.54, 1.807) is 0 Å². The van der Waals surface area contributed by atoms with Crippen LogP contribution < -0.4 is 0 Å². The van der Waals surface area contributed by atoms with Gasteiger partial charge in [-0.3, -0.25) is 4.79 Å². The van der Waals surface area contributed by atoms with Gasteiger partial charge >= 0.3 is 17.9 Å². The van der Waals surface area contributed by atoms with Crippen LogP contribution in [0.3, 0.4) is 0 Å². The molecule has 19 heavy (non-hydrogen) atoms. The van der Waals surface area contributed by atoms with Crippen LogP contribution in [0.15, 0.2) is 18.2 Å². The number of rotatable bonds is 4. The molecule has 0 fully saturated rings. The Balaban J connectivity index is 3.35. The number of benzene rings is 1. The van der Waals surface area contributed by atoms with Crippen LogP contribution in [0.2, 0.25) is 0 Å². The summed E-state index contributed by atoms with van der Waals surface area (Å²) in [6, 6.07) is 4.45. The quantitative estimate of drug-likeness (QED) is 0.597. The fraction of sp³-hybridized carbons (Fsp3) is 0.308. The summed E-state index contributed by atoms with van der Waals surface area (Å²) in [6.07, 6.45) is -0.216. The second-order valence-electron chi connectivity index (χ2n) is 3.57. The summed E-state index contributed by atoms with van der Waals surface area (Å²) < 4.78 is 13.8. The minimum Gasteiger partial charge on any atom is -0.469 e. The predicted molar refractivity (Wildman–Crippen MR) is 64.8 cm³/mol. The van der Waals surface area contributed by atoms with Gasteiger partial charge in [0.15, 0.2) is 0 Å². The summed E-state index contributed by atoms with van der Waals surface area (Å²) in [5, 5.41) is 0. The Labute approximate surface area is 110 Å². The maximum Gasteiger partial charge on any atom is 0.338 e. The van der Waals surface area contributed by atoms with E-state index in [2.05, 4.69) is 14.2 Å². The second kappa shape index (κ2) is 6.53. The first-order valence-electron chi connectivity index (χ1n) is 5.40. The molecule has 6 nitrogen and oxygen atoms in total. The first-order valence-corrected chi connectivity index (χ1v) is 5.40. The number of hydrogen-bond acceptors (Lipinski definition) is 6. The fourth-order valence-electron chi connectivity index (χ4n) is 1.60. The Hall–Kier alpha value is -2.37. The smallest absolute Gasteiger partial charge is 0.338 e. The molecule has 1 aromatic rings. The molecule has 6 heteroatoms. The van der Waals surface area contributed by atoms with Gasteiger partial charge in [0.1, 0.15) is 0 Å². The Bertz CT molecular complexity index is 472. The maximum absolute atomic E-state index is 11.6. The lowest BCUT2D eigenvalue weighted by Gasteiger charge is -2.11. The molecule has 0 amide bonds. The molecule has 0 unspecified atom stereocenters. The molecule has 0 aliphatic rings. The maximum atomic E-state index is 11.6. The van der Waals surface area contributed by atoms with Crippen molar-refractivity contribution in [3.05, 3.63) is 34.9 Å². The van der Waals surface area contributed by atoms with E-state index in [1.165, 1.54) is 39.5 Å². The Morgan fingerprint density at radius 3 is 1.74 bits per heavy atom. The van der Waals surface area contributed by atoms with E-state index in [0.717, 1.165) is 0 Å². The largest absolute Gasteiger partial charge is 0.469 e. The third kappa shape index (κ3) is 3.31. The lowest BCUT2D eigenvalue weighted by molar-refractivity contribution is -0.139. The van der Waals surface area contributed by atoms with Crippen molar-refractivity contribution in [2.45, 2.75) is 6.42 Å². The third-order valence-corrected chi connectivity index (χ3v) is 2.54. The van der Waals surface area contributed by atoms with Gasteiger partial charge < -0.3 is 14.2 Å². The monoisotopic (exact) mass is 266 g/mol. The van der Waals surface area contributed by atoms with Gasteiger partial charge in [-0.15, -0.1) is 0 Å². The molecule has 0 aliphatic carbocycles. The second-order valence-corrected chi connectivity index (χ2v) is 3.57. The van der Waals surface area contributed by atoms with Crippen molar-refractivity contribution >= 4 is 17.9 Å². The Kier molecular flexibility index (Phi) is 5.05. The van der Waals surface area contributed by atoms with E-state index in [1.807, 2.05) is 0 Å². The molecule has 0 atom stereocenters. The number of carbonyl (C=O) groups is 3. The number of esters is 3. The molecule has 1 rings (SSSR count).